The molecule has 0 aromatic heterocycles. The van der Waals surface area contributed by atoms with Crippen molar-refractivity contribution in [1.82, 2.24) is 0 Å². The molecule has 2 nitrogen and oxygen atoms in total. The lowest BCUT2D eigenvalue weighted by Crippen LogP contribution is -2.07. The highest BCUT2D eigenvalue weighted by Gasteiger charge is 2.15. The number of hydrogen-bond donors (Lipinski definition) is 1. The van der Waals surface area contributed by atoms with Crippen LogP contribution in [0.1, 0.15) is 42.4 Å². The van der Waals surface area contributed by atoms with Crippen molar-refractivity contribution >= 4 is 0 Å². The van der Waals surface area contributed by atoms with E-state index in [2.05, 4.69) is 32.9 Å². The second-order valence-electron chi connectivity index (χ2n) is 4.35. The number of hydrogen-bond acceptors (Lipinski definition) is 2. The standard InChI is InChI=1S/C14H22O2/c1-5-6-12(9-15)13-7-10(2)11(3)8-14(13)16-4/h7-8,12,15H,5-6,9H2,1-4H3. The van der Waals surface area contributed by atoms with Crippen LogP contribution in [0.2, 0.25) is 0 Å². The fraction of sp³-hybridized carbons (Fsp3) is 0.571. The van der Waals surface area contributed by atoms with Crippen LogP contribution in [-0.2, 0) is 0 Å². The van der Waals surface area contributed by atoms with Gasteiger partial charge in [0, 0.05) is 5.92 Å². The average Bonchev–Trinajstić information content (AvgIpc) is 2.29. The lowest BCUT2D eigenvalue weighted by molar-refractivity contribution is 0.255. The lowest BCUT2D eigenvalue weighted by atomic mass is 9.92. The first-order valence-corrected chi connectivity index (χ1v) is 5.90. The van der Waals surface area contributed by atoms with Crippen LogP contribution in [0.4, 0.5) is 0 Å². The van der Waals surface area contributed by atoms with Crippen LogP contribution in [0.3, 0.4) is 0 Å². The van der Waals surface area contributed by atoms with Gasteiger partial charge in [-0.1, -0.05) is 19.4 Å². The summed E-state index contributed by atoms with van der Waals surface area (Å²) >= 11 is 0. The fourth-order valence-electron chi connectivity index (χ4n) is 2.00. The monoisotopic (exact) mass is 222 g/mol. The smallest absolute Gasteiger partial charge is 0.122 e. The fourth-order valence-corrected chi connectivity index (χ4v) is 2.00. The molecule has 0 amide bonds. The largest absolute Gasteiger partial charge is 0.496 e. The van der Waals surface area contributed by atoms with E-state index in [1.165, 1.54) is 11.1 Å². The minimum atomic E-state index is 0.187. The summed E-state index contributed by atoms with van der Waals surface area (Å²) in [7, 11) is 1.69. The molecule has 0 bridgehead atoms. The van der Waals surface area contributed by atoms with Gasteiger partial charge in [-0.3, -0.25) is 0 Å². The van der Waals surface area contributed by atoms with Gasteiger partial charge in [0.2, 0.25) is 0 Å². The van der Waals surface area contributed by atoms with E-state index in [1.54, 1.807) is 7.11 Å². The summed E-state index contributed by atoms with van der Waals surface area (Å²) in [6, 6.07) is 4.20. The van der Waals surface area contributed by atoms with Crippen molar-refractivity contribution in [3.05, 3.63) is 28.8 Å². The summed E-state index contributed by atoms with van der Waals surface area (Å²) in [5.74, 6) is 1.09. The number of ether oxygens (including phenoxy) is 1. The molecule has 0 aliphatic heterocycles. The summed E-state index contributed by atoms with van der Waals surface area (Å²) in [5, 5.41) is 9.44. The minimum absolute atomic E-state index is 0.187. The number of rotatable bonds is 5. The highest BCUT2D eigenvalue weighted by molar-refractivity contribution is 5.43. The zero-order valence-corrected chi connectivity index (χ0v) is 10.7. The predicted octanol–water partition coefficient (Wildman–Crippen LogP) is 3.19. The molecule has 16 heavy (non-hydrogen) atoms. The first-order chi connectivity index (χ1) is 7.63. The number of aliphatic hydroxyl groups excluding tert-OH is 1. The van der Waals surface area contributed by atoms with Gasteiger partial charge in [0.15, 0.2) is 0 Å². The van der Waals surface area contributed by atoms with Crippen molar-refractivity contribution in [3.8, 4) is 5.75 Å². The number of aryl methyl sites for hydroxylation is 2. The Kier molecular flexibility index (Phi) is 4.81. The molecule has 0 saturated heterocycles. The van der Waals surface area contributed by atoms with Crippen molar-refractivity contribution in [1.29, 1.82) is 0 Å². The van der Waals surface area contributed by atoms with E-state index in [1.807, 2.05) is 0 Å². The van der Waals surface area contributed by atoms with Crippen LogP contribution >= 0.6 is 0 Å². The van der Waals surface area contributed by atoms with Gasteiger partial charge in [-0.15, -0.1) is 0 Å². The van der Waals surface area contributed by atoms with Gasteiger partial charge in [0.25, 0.3) is 0 Å². The maximum absolute atomic E-state index is 9.44. The third-order valence-corrected chi connectivity index (χ3v) is 3.14. The van der Waals surface area contributed by atoms with Gasteiger partial charge < -0.3 is 9.84 Å². The number of benzene rings is 1. The Labute approximate surface area is 98.3 Å². The Bertz CT molecular complexity index is 345. The van der Waals surface area contributed by atoms with E-state index in [0.717, 1.165) is 24.2 Å². The first-order valence-electron chi connectivity index (χ1n) is 5.90. The van der Waals surface area contributed by atoms with Crippen molar-refractivity contribution in [2.75, 3.05) is 13.7 Å². The zero-order valence-electron chi connectivity index (χ0n) is 10.7. The van der Waals surface area contributed by atoms with Gasteiger partial charge in [-0.25, -0.2) is 0 Å². The van der Waals surface area contributed by atoms with Gasteiger partial charge in [-0.05, 0) is 43.0 Å². The van der Waals surface area contributed by atoms with E-state index < -0.39 is 0 Å². The molecule has 0 spiro atoms. The molecule has 0 heterocycles. The van der Waals surface area contributed by atoms with E-state index in [0.29, 0.717) is 0 Å². The Morgan fingerprint density at radius 3 is 2.38 bits per heavy atom. The maximum atomic E-state index is 9.44. The molecule has 0 radical (unpaired) electrons. The molecule has 0 aliphatic rings. The van der Waals surface area contributed by atoms with Crippen LogP contribution < -0.4 is 4.74 Å². The van der Waals surface area contributed by atoms with E-state index in [4.69, 9.17) is 4.74 Å². The second kappa shape index (κ2) is 5.90. The van der Waals surface area contributed by atoms with Gasteiger partial charge in [-0.2, -0.15) is 0 Å². The molecule has 1 aromatic carbocycles. The normalized spacial score (nSPS) is 12.6. The molecule has 1 N–H and O–H groups in total. The SMILES string of the molecule is CCCC(CO)c1cc(C)c(C)cc1OC. The quantitative estimate of drug-likeness (QED) is 0.829. The van der Waals surface area contributed by atoms with Crippen LogP contribution in [0, 0.1) is 13.8 Å². The van der Waals surface area contributed by atoms with E-state index >= 15 is 0 Å². The molecular weight excluding hydrogens is 200 g/mol. The van der Waals surface area contributed by atoms with Crippen molar-refractivity contribution < 1.29 is 9.84 Å². The molecule has 1 unspecified atom stereocenters. The molecule has 2 heteroatoms. The zero-order chi connectivity index (χ0) is 12.1. The van der Waals surface area contributed by atoms with Crippen LogP contribution in [-0.4, -0.2) is 18.8 Å². The Morgan fingerprint density at radius 1 is 1.25 bits per heavy atom. The molecule has 90 valence electrons. The summed E-state index contributed by atoms with van der Waals surface area (Å²) in [6.07, 6.45) is 2.07. The number of methoxy groups -OCH3 is 1. The molecule has 0 fully saturated rings. The molecule has 0 saturated carbocycles. The molecule has 1 atom stereocenters. The van der Waals surface area contributed by atoms with Gasteiger partial charge in [0.05, 0.1) is 13.7 Å². The second-order valence-corrected chi connectivity index (χ2v) is 4.35. The summed E-state index contributed by atoms with van der Waals surface area (Å²) in [6.45, 7) is 6.50. The average molecular weight is 222 g/mol. The van der Waals surface area contributed by atoms with Crippen molar-refractivity contribution in [3.63, 3.8) is 0 Å². The Hall–Kier alpha value is -1.02. The summed E-state index contributed by atoms with van der Waals surface area (Å²) < 4.78 is 5.40. The summed E-state index contributed by atoms with van der Waals surface area (Å²) in [5.41, 5.74) is 3.62. The molecular formula is C14H22O2. The van der Waals surface area contributed by atoms with Crippen molar-refractivity contribution in [2.24, 2.45) is 0 Å². The molecule has 0 aliphatic carbocycles. The van der Waals surface area contributed by atoms with Crippen LogP contribution in [0.25, 0.3) is 0 Å². The van der Waals surface area contributed by atoms with Gasteiger partial charge in [0.1, 0.15) is 5.75 Å². The third kappa shape index (κ3) is 2.76. The number of aliphatic hydroxyl groups is 1. The topological polar surface area (TPSA) is 29.5 Å². The van der Waals surface area contributed by atoms with E-state index in [9.17, 15) is 5.11 Å². The third-order valence-electron chi connectivity index (χ3n) is 3.14. The first kappa shape index (κ1) is 13.0. The maximum Gasteiger partial charge on any atom is 0.122 e. The predicted molar refractivity (Wildman–Crippen MR) is 67.2 cm³/mol. The Balaban J connectivity index is 3.13. The minimum Gasteiger partial charge on any atom is -0.496 e. The lowest BCUT2D eigenvalue weighted by Gasteiger charge is -2.19. The van der Waals surface area contributed by atoms with Crippen LogP contribution in [0.15, 0.2) is 12.1 Å². The Morgan fingerprint density at radius 2 is 1.88 bits per heavy atom. The highest BCUT2D eigenvalue weighted by Crippen LogP contribution is 2.32. The van der Waals surface area contributed by atoms with Crippen molar-refractivity contribution in [2.45, 2.75) is 39.5 Å². The molecule has 1 rings (SSSR count). The van der Waals surface area contributed by atoms with Gasteiger partial charge >= 0.3 is 0 Å². The summed E-state index contributed by atoms with van der Waals surface area (Å²) in [4.78, 5) is 0. The van der Waals surface area contributed by atoms with Crippen LogP contribution in [0.5, 0.6) is 5.75 Å². The highest BCUT2D eigenvalue weighted by atomic mass is 16.5. The van der Waals surface area contributed by atoms with E-state index in [-0.39, 0.29) is 12.5 Å². The molecule has 1 aromatic rings.